The van der Waals surface area contributed by atoms with Crippen molar-refractivity contribution in [2.24, 2.45) is 5.73 Å². The summed E-state index contributed by atoms with van der Waals surface area (Å²) in [6, 6.07) is 5.83. The van der Waals surface area contributed by atoms with Crippen LogP contribution in [0.15, 0.2) is 18.2 Å². The van der Waals surface area contributed by atoms with Crippen molar-refractivity contribution in [3.05, 3.63) is 29.3 Å². The fourth-order valence-corrected chi connectivity index (χ4v) is 2.95. The van der Waals surface area contributed by atoms with Crippen molar-refractivity contribution in [2.45, 2.75) is 32.1 Å². The molecule has 0 radical (unpaired) electrons. The maximum absolute atomic E-state index is 11.9. The van der Waals surface area contributed by atoms with E-state index in [2.05, 4.69) is 6.92 Å². The molecular weight excluding hydrogens is 234 g/mol. The molecule has 1 aromatic rings. The van der Waals surface area contributed by atoms with Crippen LogP contribution in [0.1, 0.15) is 30.9 Å². The molecular formula is C13H21NO2S. The fourth-order valence-electron chi connectivity index (χ4n) is 1.62. The Bertz CT molecular complexity index is 380. The number of hydrogen-bond acceptors (Lipinski definition) is 3. The lowest BCUT2D eigenvalue weighted by Gasteiger charge is -2.10. The number of nitrogens with two attached hydrogens (primary N) is 1. The highest BCUT2D eigenvalue weighted by molar-refractivity contribution is 7.84. The predicted octanol–water partition coefficient (Wildman–Crippen LogP) is 2.20. The van der Waals surface area contributed by atoms with Crippen LogP contribution in [0.2, 0.25) is 0 Å². The minimum atomic E-state index is -0.814. The standard InChI is InChI=1S/C13H21NO2S/c1-3-4-7-17(15)10-12-8-11(9-14)5-6-13(12)16-2/h5-6,8H,3-4,7,9-10,14H2,1-2H3. The lowest BCUT2D eigenvalue weighted by atomic mass is 10.1. The third-order valence-electron chi connectivity index (χ3n) is 2.62. The second-order valence-electron chi connectivity index (χ2n) is 3.99. The van der Waals surface area contributed by atoms with E-state index in [0.717, 1.165) is 35.5 Å². The van der Waals surface area contributed by atoms with Crippen molar-refractivity contribution in [3.63, 3.8) is 0 Å². The number of unbranched alkanes of at least 4 members (excludes halogenated alkanes) is 1. The Morgan fingerprint density at radius 2 is 2.18 bits per heavy atom. The molecule has 0 aromatic heterocycles. The Labute approximate surface area is 106 Å². The van der Waals surface area contributed by atoms with E-state index in [1.54, 1.807) is 7.11 Å². The van der Waals surface area contributed by atoms with Crippen LogP contribution in [0.5, 0.6) is 5.75 Å². The van der Waals surface area contributed by atoms with Crippen molar-refractivity contribution in [3.8, 4) is 5.75 Å². The van der Waals surface area contributed by atoms with E-state index in [4.69, 9.17) is 10.5 Å². The van der Waals surface area contributed by atoms with Gasteiger partial charge in [-0.1, -0.05) is 19.4 Å². The zero-order valence-electron chi connectivity index (χ0n) is 10.6. The first-order valence-corrected chi connectivity index (χ1v) is 7.40. The number of hydrogen-bond donors (Lipinski definition) is 1. The second-order valence-corrected chi connectivity index (χ2v) is 5.57. The Morgan fingerprint density at radius 3 is 2.76 bits per heavy atom. The molecule has 96 valence electrons. The van der Waals surface area contributed by atoms with Crippen molar-refractivity contribution in [1.29, 1.82) is 0 Å². The van der Waals surface area contributed by atoms with E-state index < -0.39 is 10.8 Å². The number of benzene rings is 1. The van der Waals surface area contributed by atoms with E-state index in [0.29, 0.717) is 12.3 Å². The van der Waals surface area contributed by atoms with Crippen LogP contribution in [0.25, 0.3) is 0 Å². The van der Waals surface area contributed by atoms with Crippen LogP contribution in [0, 0.1) is 0 Å². The quantitative estimate of drug-likeness (QED) is 0.812. The first-order chi connectivity index (χ1) is 8.21. The molecule has 2 N–H and O–H groups in total. The van der Waals surface area contributed by atoms with Crippen molar-refractivity contribution in [2.75, 3.05) is 12.9 Å². The topological polar surface area (TPSA) is 52.3 Å². The summed E-state index contributed by atoms with van der Waals surface area (Å²) in [5.74, 6) is 2.11. The van der Waals surface area contributed by atoms with Gasteiger partial charge in [0.1, 0.15) is 5.75 Å². The van der Waals surface area contributed by atoms with E-state index in [9.17, 15) is 4.21 Å². The summed E-state index contributed by atoms with van der Waals surface area (Å²) in [5, 5.41) is 0. The smallest absolute Gasteiger partial charge is 0.123 e. The monoisotopic (exact) mass is 255 g/mol. The molecule has 3 nitrogen and oxygen atoms in total. The number of ether oxygens (including phenoxy) is 1. The average molecular weight is 255 g/mol. The minimum absolute atomic E-state index is 0.499. The predicted molar refractivity (Wildman–Crippen MR) is 72.5 cm³/mol. The van der Waals surface area contributed by atoms with Crippen molar-refractivity contribution >= 4 is 10.8 Å². The largest absolute Gasteiger partial charge is 0.496 e. The van der Waals surface area contributed by atoms with Crippen LogP contribution >= 0.6 is 0 Å². The van der Waals surface area contributed by atoms with Crippen LogP contribution in [-0.4, -0.2) is 17.1 Å². The first kappa shape index (κ1) is 14.2. The molecule has 0 heterocycles. The molecule has 1 unspecified atom stereocenters. The molecule has 17 heavy (non-hydrogen) atoms. The van der Waals surface area contributed by atoms with Gasteiger partial charge in [0, 0.05) is 28.7 Å². The van der Waals surface area contributed by atoms with Crippen LogP contribution < -0.4 is 10.5 Å². The molecule has 1 aromatic carbocycles. The average Bonchev–Trinajstić information content (AvgIpc) is 2.36. The second kappa shape index (κ2) is 7.45. The summed E-state index contributed by atoms with van der Waals surface area (Å²) < 4.78 is 17.1. The van der Waals surface area contributed by atoms with Gasteiger partial charge in [-0.15, -0.1) is 0 Å². The Balaban J connectivity index is 2.76. The molecule has 0 aliphatic rings. The normalized spacial score (nSPS) is 12.4. The van der Waals surface area contributed by atoms with Gasteiger partial charge in [0.15, 0.2) is 0 Å². The highest BCUT2D eigenvalue weighted by atomic mass is 32.2. The molecule has 0 amide bonds. The molecule has 0 aliphatic carbocycles. The maximum atomic E-state index is 11.9. The zero-order valence-corrected chi connectivity index (χ0v) is 11.4. The third kappa shape index (κ3) is 4.48. The zero-order chi connectivity index (χ0) is 12.7. The first-order valence-electron chi connectivity index (χ1n) is 5.92. The van der Waals surface area contributed by atoms with E-state index >= 15 is 0 Å². The summed E-state index contributed by atoms with van der Waals surface area (Å²) in [6.45, 7) is 2.60. The summed E-state index contributed by atoms with van der Waals surface area (Å²) in [7, 11) is 0.821. The molecule has 1 rings (SSSR count). The van der Waals surface area contributed by atoms with E-state index in [1.165, 1.54) is 0 Å². The van der Waals surface area contributed by atoms with Gasteiger partial charge in [0.05, 0.1) is 12.9 Å². The molecule has 0 bridgehead atoms. The van der Waals surface area contributed by atoms with Gasteiger partial charge in [-0.05, 0) is 24.1 Å². The van der Waals surface area contributed by atoms with Gasteiger partial charge in [-0.25, -0.2) is 0 Å². The van der Waals surface area contributed by atoms with Gasteiger partial charge < -0.3 is 10.5 Å². The van der Waals surface area contributed by atoms with E-state index in [1.807, 2.05) is 18.2 Å². The van der Waals surface area contributed by atoms with Crippen molar-refractivity contribution in [1.82, 2.24) is 0 Å². The minimum Gasteiger partial charge on any atom is -0.496 e. The molecule has 0 aliphatic heterocycles. The van der Waals surface area contributed by atoms with Gasteiger partial charge in [0.25, 0.3) is 0 Å². The van der Waals surface area contributed by atoms with Gasteiger partial charge in [0.2, 0.25) is 0 Å². The van der Waals surface area contributed by atoms with Crippen molar-refractivity contribution < 1.29 is 8.95 Å². The third-order valence-corrected chi connectivity index (χ3v) is 4.00. The molecule has 0 spiro atoms. The highest BCUT2D eigenvalue weighted by Gasteiger charge is 2.08. The van der Waals surface area contributed by atoms with Crippen LogP contribution in [0.3, 0.4) is 0 Å². The number of rotatable bonds is 7. The lowest BCUT2D eigenvalue weighted by Crippen LogP contribution is -2.04. The molecule has 0 saturated carbocycles. The van der Waals surface area contributed by atoms with Crippen LogP contribution in [-0.2, 0) is 23.1 Å². The Morgan fingerprint density at radius 1 is 1.41 bits per heavy atom. The molecule has 4 heteroatoms. The Hall–Kier alpha value is -0.870. The molecule has 1 atom stereocenters. The van der Waals surface area contributed by atoms with Gasteiger partial charge >= 0.3 is 0 Å². The summed E-state index contributed by atoms with van der Waals surface area (Å²) in [6.07, 6.45) is 2.08. The molecule has 0 saturated heterocycles. The summed E-state index contributed by atoms with van der Waals surface area (Å²) in [4.78, 5) is 0. The Kier molecular flexibility index (Phi) is 6.22. The van der Waals surface area contributed by atoms with Crippen LogP contribution in [0.4, 0.5) is 0 Å². The lowest BCUT2D eigenvalue weighted by molar-refractivity contribution is 0.411. The number of methoxy groups -OCH3 is 1. The van der Waals surface area contributed by atoms with E-state index in [-0.39, 0.29) is 0 Å². The fraction of sp³-hybridized carbons (Fsp3) is 0.538. The van der Waals surface area contributed by atoms with Gasteiger partial charge in [-0.3, -0.25) is 4.21 Å². The summed E-state index contributed by atoms with van der Waals surface area (Å²) >= 11 is 0. The molecule has 0 fully saturated rings. The van der Waals surface area contributed by atoms with Gasteiger partial charge in [-0.2, -0.15) is 0 Å². The SMILES string of the molecule is CCCCS(=O)Cc1cc(CN)ccc1OC. The summed E-state index contributed by atoms with van der Waals surface area (Å²) in [5.41, 5.74) is 7.64. The maximum Gasteiger partial charge on any atom is 0.123 e. The highest BCUT2D eigenvalue weighted by Crippen LogP contribution is 2.21.